The second-order valence-corrected chi connectivity index (χ2v) is 5.49. The molecule has 0 aliphatic carbocycles. The molecule has 0 spiro atoms. The fraction of sp³-hybridized carbons (Fsp3) is 0.417. The summed E-state index contributed by atoms with van der Waals surface area (Å²) in [5.74, 6) is -0.376. The number of rotatable bonds is 5. The second-order valence-electron chi connectivity index (χ2n) is 3.76. The molecule has 0 saturated heterocycles. The van der Waals surface area contributed by atoms with Crippen LogP contribution in [0.1, 0.15) is 30.1 Å². The van der Waals surface area contributed by atoms with Crippen LogP contribution < -0.4 is 5.32 Å². The Bertz CT molecular complexity index is 398. The maximum absolute atomic E-state index is 11.8. The van der Waals surface area contributed by atoms with E-state index < -0.39 is 0 Å². The zero-order valence-electron chi connectivity index (χ0n) is 9.54. The number of nitrogens with one attached hydrogen (secondary N) is 1. The molecule has 0 aliphatic rings. The highest BCUT2D eigenvalue weighted by Crippen LogP contribution is 2.21. The molecule has 17 heavy (non-hydrogen) atoms. The average Bonchev–Trinajstić information content (AvgIpc) is 2.29. The van der Waals surface area contributed by atoms with Gasteiger partial charge in [0.2, 0.25) is 0 Å². The van der Waals surface area contributed by atoms with Crippen LogP contribution in [0.4, 0.5) is 0 Å². The molecule has 0 aromatic heterocycles. The lowest BCUT2D eigenvalue weighted by atomic mass is 10.2. The van der Waals surface area contributed by atoms with Crippen molar-refractivity contribution < 1.29 is 9.90 Å². The van der Waals surface area contributed by atoms with Crippen LogP contribution in [-0.4, -0.2) is 22.4 Å². The van der Waals surface area contributed by atoms with E-state index in [2.05, 4.69) is 28.2 Å². The predicted molar refractivity (Wildman–Crippen MR) is 73.1 cm³/mol. The quantitative estimate of drug-likeness (QED) is 0.818. The normalized spacial score (nSPS) is 12.2. The fourth-order valence-electron chi connectivity index (χ4n) is 1.40. The van der Waals surface area contributed by atoms with Crippen LogP contribution in [0, 0.1) is 0 Å². The van der Waals surface area contributed by atoms with Crippen molar-refractivity contribution in [3.05, 3.63) is 28.8 Å². The Kier molecular flexibility index (Phi) is 5.78. The summed E-state index contributed by atoms with van der Waals surface area (Å²) in [4.78, 5) is 12.0. The highest BCUT2D eigenvalue weighted by Gasteiger charge is 2.12. The van der Waals surface area contributed by atoms with Gasteiger partial charge in [-0.15, -0.1) is 0 Å². The van der Waals surface area contributed by atoms with Gasteiger partial charge in [0.05, 0.1) is 5.56 Å². The van der Waals surface area contributed by atoms with Crippen LogP contribution in [0.5, 0.6) is 5.75 Å². The van der Waals surface area contributed by atoms with E-state index in [1.807, 2.05) is 0 Å². The molecule has 1 amide bonds. The molecule has 94 valence electrons. The minimum Gasteiger partial charge on any atom is -0.507 e. The fourth-order valence-corrected chi connectivity index (χ4v) is 2.20. The van der Waals surface area contributed by atoms with Crippen LogP contribution >= 0.6 is 27.5 Å². The Morgan fingerprint density at radius 3 is 2.94 bits per heavy atom. The molecule has 0 bridgehead atoms. The molecule has 5 heteroatoms. The first-order valence-corrected chi connectivity index (χ1v) is 6.74. The highest BCUT2D eigenvalue weighted by atomic mass is 79.9. The predicted octanol–water partition coefficient (Wildman–Crippen LogP) is 3.34. The molecule has 0 aliphatic heterocycles. The molecule has 1 aromatic rings. The largest absolute Gasteiger partial charge is 0.507 e. The topological polar surface area (TPSA) is 49.3 Å². The van der Waals surface area contributed by atoms with Crippen molar-refractivity contribution in [2.24, 2.45) is 0 Å². The van der Waals surface area contributed by atoms with E-state index in [0.29, 0.717) is 11.6 Å². The molecule has 0 saturated carbocycles. The van der Waals surface area contributed by atoms with E-state index in [9.17, 15) is 9.90 Å². The van der Waals surface area contributed by atoms with Gasteiger partial charge in [-0.2, -0.15) is 0 Å². The van der Waals surface area contributed by atoms with Crippen LogP contribution in [0.15, 0.2) is 18.2 Å². The molecule has 3 nitrogen and oxygen atoms in total. The lowest BCUT2D eigenvalue weighted by molar-refractivity contribution is 0.0951. The van der Waals surface area contributed by atoms with Gasteiger partial charge in [-0.1, -0.05) is 40.9 Å². The lowest BCUT2D eigenvalue weighted by Gasteiger charge is -2.11. The summed E-state index contributed by atoms with van der Waals surface area (Å²) < 4.78 is 0. The van der Waals surface area contributed by atoms with Crippen LogP contribution in [-0.2, 0) is 0 Å². The molecular weight excluding hydrogens is 305 g/mol. The zero-order chi connectivity index (χ0) is 12.8. The van der Waals surface area contributed by atoms with Crippen molar-refractivity contribution in [1.82, 2.24) is 5.32 Å². The number of hydrogen-bond acceptors (Lipinski definition) is 2. The summed E-state index contributed by atoms with van der Waals surface area (Å²) >= 11 is 9.24. The standard InChI is InChI=1S/C12H15BrClNO2/c1-2-3-8(13)7-15-12(17)10-6-9(14)4-5-11(10)16/h4-6,8,16H,2-3,7H2,1H3,(H,15,17). The van der Waals surface area contributed by atoms with Crippen molar-refractivity contribution in [2.45, 2.75) is 24.6 Å². The Hall–Kier alpha value is -0.740. The smallest absolute Gasteiger partial charge is 0.255 e. The zero-order valence-corrected chi connectivity index (χ0v) is 11.9. The van der Waals surface area contributed by atoms with Crippen molar-refractivity contribution in [3.8, 4) is 5.75 Å². The van der Waals surface area contributed by atoms with E-state index >= 15 is 0 Å². The number of alkyl halides is 1. The van der Waals surface area contributed by atoms with E-state index in [4.69, 9.17) is 11.6 Å². The molecule has 1 aromatic carbocycles. The summed E-state index contributed by atoms with van der Waals surface area (Å²) in [7, 11) is 0. The molecular formula is C12H15BrClNO2. The molecule has 1 rings (SSSR count). The number of phenols is 1. The molecule has 1 atom stereocenters. The first kappa shape index (κ1) is 14.3. The van der Waals surface area contributed by atoms with Gasteiger partial charge in [0.15, 0.2) is 0 Å². The van der Waals surface area contributed by atoms with Gasteiger partial charge in [0.1, 0.15) is 5.75 Å². The molecule has 0 heterocycles. The van der Waals surface area contributed by atoms with Gasteiger partial charge >= 0.3 is 0 Å². The minimum absolute atomic E-state index is 0.0616. The third-order valence-corrected chi connectivity index (χ3v) is 3.31. The number of aromatic hydroxyl groups is 1. The van der Waals surface area contributed by atoms with Gasteiger partial charge in [0.25, 0.3) is 5.91 Å². The maximum Gasteiger partial charge on any atom is 0.255 e. The van der Waals surface area contributed by atoms with Gasteiger partial charge < -0.3 is 10.4 Å². The van der Waals surface area contributed by atoms with Crippen LogP contribution in [0.3, 0.4) is 0 Å². The third kappa shape index (κ3) is 4.56. The van der Waals surface area contributed by atoms with E-state index in [-0.39, 0.29) is 22.0 Å². The van der Waals surface area contributed by atoms with Gasteiger partial charge in [0, 0.05) is 16.4 Å². The number of hydrogen-bond donors (Lipinski definition) is 2. The number of carbonyl (C=O) groups is 1. The number of amides is 1. The van der Waals surface area contributed by atoms with Crippen LogP contribution in [0.2, 0.25) is 5.02 Å². The third-order valence-electron chi connectivity index (χ3n) is 2.29. The van der Waals surface area contributed by atoms with Gasteiger partial charge in [-0.3, -0.25) is 4.79 Å². The number of carbonyl (C=O) groups excluding carboxylic acids is 1. The Balaban J connectivity index is 2.61. The second kappa shape index (κ2) is 6.87. The van der Waals surface area contributed by atoms with E-state index in [1.165, 1.54) is 18.2 Å². The monoisotopic (exact) mass is 319 g/mol. The minimum atomic E-state index is -0.314. The molecule has 1 unspecified atom stereocenters. The van der Waals surface area contributed by atoms with E-state index in [1.54, 1.807) is 0 Å². The Morgan fingerprint density at radius 2 is 2.29 bits per heavy atom. The summed E-state index contributed by atoms with van der Waals surface area (Å²) in [6.07, 6.45) is 2.04. The van der Waals surface area contributed by atoms with Crippen molar-refractivity contribution >= 4 is 33.4 Å². The summed E-state index contributed by atoms with van der Waals surface area (Å²) in [6.45, 7) is 2.61. The van der Waals surface area contributed by atoms with Crippen molar-refractivity contribution in [2.75, 3.05) is 6.54 Å². The lowest BCUT2D eigenvalue weighted by Crippen LogP contribution is -2.29. The Morgan fingerprint density at radius 1 is 1.59 bits per heavy atom. The first-order valence-electron chi connectivity index (χ1n) is 5.45. The number of benzene rings is 1. The Labute approximate surface area is 114 Å². The molecule has 0 radical (unpaired) electrons. The van der Waals surface area contributed by atoms with Crippen molar-refractivity contribution in [3.63, 3.8) is 0 Å². The number of phenolic OH excluding ortho intramolecular Hbond substituents is 1. The highest BCUT2D eigenvalue weighted by molar-refractivity contribution is 9.09. The van der Waals surface area contributed by atoms with E-state index in [0.717, 1.165) is 12.8 Å². The summed E-state index contributed by atoms with van der Waals surface area (Å²) in [5, 5.41) is 12.7. The van der Waals surface area contributed by atoms with Crippen LogP contribution in [0.25, 0.3) is 0 Å². The number of halogens is 2. The summed E-state index contributed by atoms with van der Waals surface area (Å²) in [5.41, 5.74) is 0.202. The first-order chi connectivity index (χ1) is 8.04. The molecule has 2 N–H and O–H groups in total. The molecule has 0 fully saturated rings. The SMILES string of the molecule is CCCC(Br)CNC(=O)c1cc(Cl)ccc1O. The van der Waals surface area contributed by atoms with Gasteiger partial charge in [-0.25, -0.2) is 0 Å². The van der Waals surface area contributed by atoms with Gasteiger partial charge in [-0.05, 0) is 24.6 Å². The maximum atomic E-state index is 11.8. The summed E-state index contributed by atoms with van der Waals surface area (Å²) in [6, 6.07) is 4.40. The average molecular weight is 321 g/mol. The van der Waals surface area contributed by atoms with Crippen molar-refractivity contribution in [1.29, 1.82) is 0 Å².